The van der Waals surface area contributed by atoms with Gasteiger partial charge in [0, 0.05) is 77.3 Å². The number of hydrogen-bond donors (Lipinski definition) is 7. The van der Waals surface area contributed by atoms with E-state index < -0.39 is 17.9 Å². The van der Waals surface area contributed by atoms with E-state index in [1.165, 1.54) is 83.5 Å². The molecule has 0 heterocycles. The van der Waals surface area contributed by atoms with Crippen LogP contribution in [-0.4, -0.2) is 81.9 Å². The number of aliphatic carboxylic acids is 3. The average Bonchev–Trinajstić information content (AvgIpc) is 3.28. The molecule has 0 bridgehead atoms. The minimum atomic E-state index is -1.23. The minimum absolute atomic E-state index is 0. The van der Waals surface area contributed by atoms with Gasteiger partial charge in [-0.05, 0) is 57.7 Å². The summed E-state index contributed by atoms with van der Waals surface area (Å²) in [7, 11) is 0. The molecule has 0 unspecified atom stereocenters. The number of allylic oxidation sites excluding steroid dienone is 3. The minimum Gasteiger partial charge on any atom is -0.550 e. The predicted octanol–water partition coefficient (Wildman–Crippen LogP) is 8.86. The fourth-order valence-corrected chi connectivity index (χ4v) is 2.51. The molecule has 0 aliphatic heterocycles. The van der Waals surface area contributed by atoms with Crippen LogP contribution in [0.2, 0.25) is 0 Å². The Labute approximate surface area is 406 Å². The Morgan fingerprint density at radius 1 is 0.460 bits per heavy atom. The zero-order valence-corrected chi connectivity index (χ0v) is 46.7. The smallest absolute Gasteiger partial charge is 0.327 e. The van der Waals surface area contributed by atoms with Crippen LogP contribution in [0, 0.1) is 0 Å². The van der Waals surface area contributed by atoms with Gasteiger partial charge in [-0.15, -0.1) is 19.7 Å². The fraction of sp³-hybridized carbons (Fsp3) is 0.740. The van der Waals surface area contributed by atoms with Crippen molar-refractivity contribution >= 4 is 17.9 Å². The topological polar surface area (TPSA) is 232 Å². The SMILES string of the molecule is C=CC(=O)O.C=CC(=O)[O-].C=CCC.C=CCC.C=CCC.CCCCC.CCCCC.CCCCC.CCCCNCCN.CCCCNCCNCCC(=O)[O-].NCCN.[Zn]. The number of rotatable bonds is 26. The number of carboxylic acid groups (broad SMARTS) is 3. The average molecular weight is 957 g/mol. The first-order valence-corrected chi connectivity index (χ1v) is 23.6. The molecule has 0 rings (SSSR count). The molecule has 10 N–H and O–H groups in total. The van der Waals surface area contributed by atoms with Crippen molar-refractivity contribution in [1.82, 2.24) is 16.0 Å². The third-order valence-electron chi connectivity index (χ3n) is 6.22. The number of carbonyl (C=O) groups excluding carboxylic acids is 2. The van der Waals surface area contributed by atoms with Gasteiger partial charge < -0.3 is 58.1 Å². The quantitative estimate of drug-likeness (QED) is 0.0187. The van der Waals surface area contributed by atoms with Crippen molar-refractivity contribution < 1.29 is 49.2 Å². The van der Waals surface area contributed by atoms with Crippen molar-refractivity contribution in [2.45, 2.75) is 185 Å². The van der Waals surface area contributed by atoms with E-state index in [1.54, 1.807) is 0 Å². The van der Waals surface area contributed by atoms with Crippen LogP contribution in [0.15, 0.2) is 63.3 Å². The summed E-state index contributed by atoms with van der Waals surface area (Å²) in [6.45, 7) is 47.4. The maximum absolute atomic E-state index is 10.0. The Bertz CT molecular complexity index is 714. The Kier molecular flexibility index (Phi) is 179. The van der Waals surface area contributed by atoms with Crippen LogP contribution >= 0.6 is 0 Å². The molecule has 0 atom stereocenters. The van der Waals surface area contributed by atoms with Gasteiger partial charge in [-0.2, -0.15) is 0 Å². The molecule has 0 fully saturated rings. The van der Waals surface area contributed by atoms with E-state index in [0.717, 1.165) is 70.7 Å². The van der Waals surface area contributed by atoms with Gasteiger partial charge in [-0.1, -0.05) is 178 Å². The summed E-state index contributed by atoms with van der Waals surface area (Å²) >= 11 is 0. The molecule has 0 aromatic rings. The Morgan fingerprint density at radius 2 is 0.698 bits per heavy atom. The van der Waals surface area contributed by atoms with E-state index in [9.17, 15) is 14.7 Å². The van der Waals surface area contributed by atoms with Crippen molar-refractivity contribution in [3.63, 3.8) is 0 Å². The first-order chi connectivity index (χ1) is 29.6. The third kappa shape index (κ3) is 280. The molecule has 0 saturated carbocycles. The zero-order chi connectivity index (χ0) is 50.8. The molecule has 0 aliphatic carbocycles. The maximum atomic E-state index is 10.0. The van der Waals surface area contributed by atoms with Crippen LogP contribution in [0.4, 0.5) is 0 Å². The molecule has 0 saturated heterocycles. The van der Waals surface area contributed by atoms with Gasteiger partial charge in [0.25, 0.3) is 0 Å². The van der Waals surface area contributed by atoms with Crippen LogP contribution in [0.25, 0.3) is 0 Å². The predicted molar refractivity (Wildman–Crippen MR) is 275 cm³/mol. The van der Waals surface area contributed by atoms with E-state index >= 15 is 0 Å². The molecule has 0 spiro atoms. The summed E-state index contributed by atoms with van der Waals surface area (Å²) in [6, 6.07) is 0. The second kappa shape index (κ2) is 124. The first-order valence-electron chi connectivity index (χ1n) is 23.6. The second-order valence-electron chi connectivity index (χ2n) is 12.7. The van der Waals surface area contributed by atoms with Crippen molar-refractivity contribution in [3.05, 3.63) is 63.3 Å². The molecule has 63 heavy (non-hydrogen) atoms. The van der Waals surface area contributed by atoms with Crippen molar-refractivity contribution in [2.75, 3.05) is 58.9 Å². The molecule has 380 valence electrons. The molecule has 0 radical (unpaired) electrons. The van der Waals surface area contributed by atoms with Crippen molar-refractivity contribution in [1.29, 1.82) is 0 Å². The molecule has 0 aliphatic rings. The van der Waals surface area contributed by atoms with E-state index in [2.05, 4.69) is 125 Å². The largest absolute Gasteiger partial charge is 0.550 e. The summed E-state index contributed by atoms with van der Waals surface area (Å²) in [4.78, 5) is 28.4. The third-order valence-corrected chi connectivity index (χ3v) is 6.22. The van der Waals surface area contributed by atoms with Gasteiger partial charge in [0.1, 0.15) is 0 Å². The number of carboxylic acids is 3. The van der Waals surface area contributed by atoms with Crippen LogP contribution in [0.3, 0.4) is 0 Å². The fourth-order valence-electron chi connectivity index (χ4n) is 2.51. The van der Waals surface area contributed by atoms with Gasteiger partial charge in [0.15, 0.2) is 0 Å². The van der Waals surface area contributed by atoms with E-state index in [-0.39, 0.29) is 25.9 Å². The van der Waals surface area contributed by atoms with Crippen LogP contribution in [0.5, 0.6) is 0 Å². The number of nitrogens with one attached hydrogen (secondary N) is 3. The van der Waals surface area contributed by atoms with E-state index in [1.807, 2.05) is 18.2 Å². The summed E-state index contributed by atoms with van der Waals surface area (Å²) in [5, 5.41) is 36.2. The van der Waals surface area contributed by atoms with Gasteiger partial charge in [-0.25, -0.2) is 4.79 Å². The second-order valence-corrected chi connectivity index (χ2v) is 12.7. The van der Waals surface area contributed by atoms with Crippen molar-refractivity contribution in [3.8, 4) is 0 Å². The Morgan fingerprint density at radius 3 is 0.841 bits per heavy atom. The van der Waals surface area contributed by atoms with E-state index in [0.29, 0.717) is 19.6 Å². The van der Waals surface area contributed by atoms with Gasteiger partial charge >= 0.3 is 5.97 Å². The number of unbranched alkanes of at least 4 members (excludes halogenated alkanes) is 8. The molecular formula is C50H110N6O6Zn-2. The standard InChI is InChI=1S/C9H20N2O2.C6H16N2.3C5H12.3C4H8.2C3H4O2.C2H8N2.Zn/c1-2-3-5-10-7-8-11-6-4-9(12)13;1-2-3-5-8-6-4-7;3*1-3-5-4-2;3*1-3-4-2;2*1-2-3(4)5;3-1-2-4;/h10-11H,2-8H2,1H3,(H,12,13);8H,2-7H2,1H3;3*3-5H2,1-2H3;3*3H,1,4H2,2H3;2*2H,1H2,(H,4,5);1-4H2;/p-2. The molecule has 0 aromatic carbocycles. The van der Waals surface area contributed by atoms with Gasteiger partial charge in [-0.3, -0.25) is 0 Å². The normalized spacial score (nSPS) is 8.03. The summed E-state index contributed by atoms with van der Waals surface area (Å²) in [6.07, 6.45) is 27.7. The molecular weight excluding hydrogens is 846 g/mol. The van der Waals surface area contributed by atoms with Gasteiger partial charge in [0.05, 0.1) is 5.97 Å². The molecule has 0 aromatic heterocycles. The maximum Gasteiger partial charge on any atom is 0.327 e. The summed E-state index contributed by atoms with van der Waals surface area (Å²) < 4.78 is 0. The van der Waals surface area contributed by atoms with Crippen molar-refractivity contribution in [2.24, 2.45) is 17.2 Å². The summed E-state index contributed by atoms with van der Waals surface area (Å²) in [5.74, 6) is -3.21. The van der Waals surface area contributed by atoms with Crippen LogP contribution in [0.1, 0.15) is 185 Å². The number of nitrogens with two attached hydrogens (primary N) is 3. The van der Waals surface area contributed by atoms with Crippen LogP contribution < -0.4 is 43.4 Å². The summed E-state index contributed by atoms with van der Waals surface area (Å²) in [5.41, 5.74) is 15.1. The number of carbonyl (C=O) groups is 3. The molecule has 13 heteroatoms. The Balaban J connectivity index is -0.0000000467. The van der Waals surface area contributed by atoms with Crippen LogP contribution in [-0.2, 0) is 33.9 Å². The van der Waals surface area contributed by atoms with E-state index in [4.69, 9.17) is 32.2 Å². The molecule has 0 amide bonds. The zero-order valence-electron chi connectivity index (χ0n) is 43.7. The monoisotopic (exact) mass is 955 g/mol. The Hall–Kier alpha value is -2.51. The first kappa shape index (κ1) is 91.1. The molecule has 12 nitrogen and oxygen atoms in total. The number of hydrogen-bond acceptors (Lipinski definition) is 11. The van der Waals surface area contributed by atoms with Gasteiger partial charge in [0.2, 0.25) is 0 Å².